The van der Waals surface area contributed by atoms with Crippen molar-refractivity contribution in [3.8, 4) is 0 Å². The second-order valence-electron chi connectivity index (χ2n) is 7.89. The van der Waals surface area contributed by atoms with Gasteiger partial charge in [-0.2, -0.15) is 0 Å². The number of fused-ring (bicyclic) bond motifs is 1. The number of carbonyl (C=O) groups is 1. The third-order valence-corrected chi connectivity index (χ3v) is 6.51. The van der Waals surface area contributed by atoms with Crippen molar-refractivity contribution in [1.82, 2.24) is 9.88 Å². The van der Waals surface area contributed by atoms with E-state index < -0.39 is 5.41 Å². The molecule has 1 spiro atoms. The molecule has 4 atom stereocenters. The Morgan fingerprint density at radius 1 is 1.38 bits per heavy atom. The molecule has 3 saturated heterocycles. The van der Waals surface area contributed by atoms with Crippen LogP contribution in [0, 0.1) is 5.92 Å². The molecule has 138 valence electrons. The molecule has 6 nitrogen and oxygen atoms in total. The largest absolute Gasteiger partial charge is 0.468 e. The first-order valence-corrected chi connectivity index (χ1v) is 9.21. The molecule has 0 aliphatic carbocycles. The van der Waals surface area contributed by atoms with Gasteiger partial charge in [-0.05, 0) is 37.5 Å². The first-order valence-electron chi connectivity index (χ1n) is 9.21. The summed E-state index contributed by atoms with van der Waals surface area (Å²) in [5, 5.41) is 1.09. The smallest absolute Gasteiger partial charge is 0.320 e. The fourth-order valence-corrected chi connectivity index (χ4v) is 5.22. The van der Waals surface area contributed by atoms with Crippen molar-refractivity contribution in [3.63, 3.8) is 0 Å². The third kappa shape index (κ3) is 2.06. The normalized spacial score (nSPS) is 36.8. The number of aromatic nitrogens is 1. The number of likely N-dealkylation sites (tertiary alicyclic amines) is 1. The fraction of sp³-hybridized carbons (Fsp3) is 0.550. The summed E-state index contributed by atoms with van der Waals surface area (Å²) in [6.45, 7) is 2.61. The highest BCUT2D eigenvalue weighted by Gasteiger charge is 2.72. The van der Waals surface area contributed by atoms with E-state index in [0.29, 0.717) is 13.2 Å². The molecule has 6 heteroatoms. The Morgan fingerprint density at radius 3 is 3.04 bits per heavy atom. The molecule has 2 aromatic rings. The number of hydrogen-bond donors (Lipinski definition) is 1. The quantitative estimate of drug-likeness (QED) is 0.655. The lowest BCUT2D eigenvalue weighted by Gasteiger charge is -2.44. The molecule has 0 bridgehead atoms. The van der Waals surface area contributed by atoms with Crippen molar-refractivity contribution < 1.29 is 19.0 Å². The molecular formula is C20H24N2O4. The number of piperidine rings is 1. The maximum absolute atomic E-state index is 13.2. The number of epoxide rings is 1. The molecule has 1 aromatic carbocycles. The summed E-state index contributed by atoms with van der Waals surface area (Å²) < 4.78 is 17.5. The molecular weight excluding hydrogens is 332 g/mol. The van der Waals surface area contributed by atoms with E-state index in [4.69, 9.17) is 14.2 Å². The molecule has 0 amide bonds. The molecule has 1 N–H and O–H groups in total. The summed E-state index contributed by atoms with van der Waals surface area (Å²) in [6.07, 6.45) is 0.937. The van der Waals surface area contributed by atoms with Crippen LogP contribution < -0.4 is 0 Å². The van der Waals surface area contributed by atoms with Crippen LogP contribution in [0.25, 0.3) is 10.9 Å². The first kappa shape index (κ1) is 16.3. The maximum atomic E-state index is 13.2. The molecule has 1 aromatic heterocycles. The van der Waals surface area contributed by atoms with Crippen LogP contribution in [0.2, 0.25) is 0 Å². The summed E-state index contributed by atoms with van der Waals surface area (Å²) in [6, 6.07) is 10.2. The van der Waals surface area contributed by atoms with Gasteiger partial charge in [-0.15, -0.1) is 0 Å². The first-order chi connectivity index (χ1) is 12.6. The van der Waals surface area contributed by atoms with E-state index in [2.05, 4.69) is 29.1 Å². The number of aromatic amines is 1. The van der Waals surface area contributed by atoms with Crippen LogP contribution in [-0.2, 0) is 24.4 Å². The highest BCUT2D eigenvalue weighted by molar-refractivity contribution is 5.88. The van der Waals surface area contributed by atoms with Crippen molar-refractivity contribution in [1.29, 1.82) is 0 Å². The van der Waals surface area contributed by atoms with Crippen LogP contribution in [-0.4, -0.2) is 68.0 Å². The third-order valence-electron chi connectivity index (χ3n) is 6.51. The lowest BCUT2D eigenvalue weighted by atomic mass is 9.64. The van der Waals surface area contributed by atoms with Crippen molar-refractivity contribution in [2.24, 2.45) is 5.92 Å². The van der Waals surface area contributed by atoms with Gasteiger partial charge in [-0.1, -0.05) is 18.2 Å². The summed E-state index contributed by atoms with van der Waals surface area (Å²) >= 11 is 0. The maximum Gasteiger partial charge on any atom is 0.320 e. The average Bonchev–Trinajstić information content (AvgIpc) is 3.14. The Bertz CT molecular complexity index is 831. The van der Waals surface area contributed by atoms with Crippen molar-refractivity contribution >= 4 is 16.9 Å². The predicted octanol–water partition coefficient (Wildman–Crippen LogP) is 1.70. The summed E-state index contributed by atoms with van der Waals surface area (Å²) in [4.78, 5) is 19.0. The average molecular weight is 356 g/mol. The van der Waals surface area contributed by atoms with Gasteiger partial charge in [0.2, 0.25) is 0 Å². The van der Waals surface area contributed by atoms with Crippen LogP contribution in [0.3, 0.4) is 0 Å². The van der Waals surface area contributed by atoms with Crippen LogP contribution in [0.5, 0.6) is 0 Å². The topological polar surface area (TPSA) is 67.1 Å². The molecule has 0 saturated carbocycles. The highest BCUT2D eigenvalue weighted by atomic mass is 16.6. The van der Waals surface area contributed by atoms with Gasteiger partial charge in [0.25, 0.3) is 0 Å². The zero-order chi connectivity index (χ0) is 17.9. The number of para-hydroxylation sites is 1. The van der Waals surface area contributed by atoms with E-state index in [1.165, 1.54) is 7.11 Å². The van der Waals surface area contributed by atoms with E-state index in [9.17, 15) is 4.79 Å². The number of nitrogens with one attached hydrogen (secondary N) is 1. The SMILES string of the molecule is COC(=O)[C@]1(c2cc3ccccc3[nH]2)COC[C@@H]2O[C@@]23CN(C)CC[C@H]31. The minimum atomic E-state index is -0.875. The zero-order valence-corrected chi connectivity index (χ0v) is 15.2. The molecule has 0 radical (unpaired) electrons. The minimum Gasteiger partial charge on any atom is -0.468 e. The van der Waals surface area contributed by atoms with Gasteiger partial charge in [-0.25, -0.2) is 0 Å². The van der Waals surface area contributed by atoms with Gasteiger partial charge in [-0.3, -0.25) is 4.79 Å². The number of H-pyrrole nitrogens is 1. The molecule has 3 aliphatic heterocycles. The van der Waals surface area contributed by atoms with Crippen LogP contribution in [0.15, 0.2) is 30.3 Å². The van der Waals surface area contributed by atoms with Gasteiger partial charge in [0.05, 0.1) is 20.3 Å². The molecule has 0 unspecified atom stereocenters. The Balaban J connectivity index is 1.70. The Morgan fingerprint density at radius 2 is 2.23 bits per heavy atom. The van der Waals surface area contributed by atoms with E-state index in [1.807, 2.05) is 18.2 Å². The number of ether oxygens (including phenoxy) is 3. The molecule has 5 rings (SSSR count). The van der Waals surface area contributed by atoms with E-state index in [1.54, 1.807) is 0 Å². The van der Waals surface area contributed by atoms with Crippen molar-refractivity contribution in [2.45, 2.75) is 23.5 Å². The van der Waals surface area contributed by atoms with Gasteiger partial charge < -0.3 is 24.1 Å². The number of likely N-dealkylation sites (N-methyl/N-ethyl adjacent to an activating group) is 1. The zero-order valence-electron chi connectivity index (χ0n) is 15.2. The highest BCUT2D eigenvalue weighted by Crippen LogP contribution is 2.57. The number of rotatable bonds is 2. The van der Waals surface area contributed by atoms with Crippen LogP contribution in [0.4, 0.5) is 0 Å². The number of nitrogens with zero attached hydrogens (tertiary/aromatic N) is 1. The fourth-order valence-electron chi connectivity index (χ4n) is 5.22. The lowest BCUT2D eigenvalue weighted by molar-refractivity contribution is -0.156. The van der Waals surface area contributed by atoms with Gasteiger partial charge >= 0.3 is 5.97 Å². The van der Waals surface area contributed by atoms with E-state index in [0.717, 1.165) is 36.1 Å². The molecule has 3 fully saturated rings. The second kappa shape index (κ2) is 5.55. The van der Waals surface area contributed by atoms with E-state index >= 15 is 0 Å². The monoisotopic (exact) mass is 356 g/mol. The van der Waals surface area contributed by atoms with Crippen LogP contribution >= 0.6 is 0 Å². The summed E-state index contributed by atoms with van der Waals surface area (Å²) in [5.74, 6) is -0.214. The summed E-state index contributed by atoms with van der Waals surface area (Å²) in [5.41, 5.74) is 0.691. The summed E-state index contributed by atoms with van der Waals surface area (Å²) in [7, 11) is 3.57. The Labute approximate surface area is 152 Å². The predicted molar refractivity (Wildman–Crippen MR) is 96.0 cm³/mol. The van der Waals surface area contributed by atoms with Gasteiger partial charge in [0.1, 0.15) is 17.1 Å². The Kier molecular flexibility index (Phi) is 3.48. The molecule has 3 aliphatic rings. The van der Waals surface area contributed by atoms with Gasteiger partial charge in [0.15, 0.2) is 0 Å². The van der Waals surface area contributed by atoms with Crippen molar-refractivity contribution in [3.05, 3.63) is 36.0 Å². The van der Waals surface area contributed by atoms with Gasteiger partial charge in [0, 0.05) is 23.7 Å². The molecule has 4 heterocycles. The van der Waals surface area contributed by atoms with Crippen LogP contribution in [0.1, 0.15) is 12.1 Å². The molecule has 26 heavy (non-hydrogen) atoms. The number of esters is 1. The number of methoxy groups -OCH3 is 1. The minimum absolute atomic E-state index is 0.0270. The lowest BCUT2D eigenvalue weighted by Crippen LogP contribution is -2.58. The Hall–Kier alpha value is -1.89. The second-order valence-corrected chi connectivity index (χ2v) is 7.89. The number of hydrogen-bond acceptors (Lipinski definition) is 5. The standard InChI is InChI=1S/C20H24N2O4/c1-22-8-7-15-19(18(23)24-2,12-25-10-17-20(15,11-22)26-17)16-9-13-5-3-4-6-14(13)21-16/h3-6,9,15,17,21H,7-8,10-12H2,1-2H3/t15-,17-,19+,20+/m0/s1. The van der Waals surface area contributed by atoms with Crippen molar-refractivity contribution in [2.75, 3.05) is 40.5 Å². The number of benzene rings is 1. The number of carbonyl (C=O) groups excluding carboxylic acids is 1. The van der Waals surface area contributed by atoms with E-state index in [-0.39, 0.29) is 23.6 Å².